The molecule has 1 aromatic carbocycles. The predicted octanol–water partition coefficient (Wildman–Crippen LogP) is 2.43. The molecular weight excluding hydrogens is 224 g/mol. The molecule has 0 spiro atoms. The number of benzene rings is 1. The number of hydrogen-bond donors (Lipinski definition) is 1. The first-order chi connectivity index (χ1) is 8.69. The van der Waals surface area contributed by atoms with E-state index >= 15 is 0 Å². The number of nitrogens with zero attached hydrogens (tertiary/aromatic N) is 1. The minimum Gasteiger partial charge on any atom is -0.497 e. The van der Waals surface area contributed by atoms with Crippen molar-refractivity contribution in [2.45, 2.75) is 25.3 Å². The van der Waals surface area contributed by atoms with Crippen LogP contribution < -0.4 is 10.5 Å². The van der Waals surface area contributed by atoms with Gasteiger partial charge in [0.1, 0.15) is 5.75 Å². The summed E-state index contributed by atoms with van der Waals surface area (Å²) in [5, 5.41) is 0. The van der Waals surface area contributed by atoms with E-state index in [1.807, 2.05) is 18.2 Å². The molecule has 0 amide bonds. The zero-order chi connectivity index (χ0) is 13.0. The maximum Gasteiger partial charge on any atom is 0.119 e. The molecule has 1 aliphatic rings. The molecule has 1 unspecified atom stereocenters. The molecule has 2 N–H and O–H groups in total. The summed E-state index contributed by atoms with van der Waals surface area (Å²) in [5.41, 5.74) is 7.41. The van der Waals surface area contributed by atoms with Crippen molar-refractivity contribution >= 4 is 0 Å². The summed E-state index contributed by atoms with van der Waals surface area (Å²) in [6.07, 6.45) is 4.18. The highest BCUT2D eigenvalue weighted by Crippen LogP contribution is 2.27. The fourth-order valence-electron chi connectivity index (χ4n) is 2.50. The smallest absolute Gasteiger partial charge is 0.119 e. The average Bonchev–Trinajstić information content (AvgIpc) is 2.34. The van der Waals surface area contributed by atoms with E-state index in [0.29, 0.717) is 0 Å². The third-order valence-corrected chi connectivity index (χ3v) is 3.82. The SMILES string of the molecule is COc1cccc(C(N)CN(C)CC2CCC2)c1. The minimum absolute atomic E-state index is 0.0603. The maximum atomic E-state index is 6.26. The van der Waals surface area contributed by atoms with Gasteiger partial charge in [0.25, 0.3) is 0 Å². The van der Waals surface area contributed by atoms with E-state index in [4.69, 9.17) is 10.5 Å². The second-order valence-electron chi connectivity index (χ2n) is 5.40. The van der Waals surface area contributed by atoms with Crippen molar-refractivity contribution in [3.63, 3.8) is 0 Å². The molecular formula is C15H24N2O. The summed E-state index contributed by atoms with van der Waals surface area (Å²) >= 11 is 0. The van der Waals surface area contributed by atoms with E-state index in [0.717, 1.165) is 23.8 Å². The van der Waals surface area contributed by atoms with Crippen LogP contribution in [0, 0.1) is 5.92 Å². The van der Waals surface area contributed by atoms with E-state index in [1.165, 1.54) is 25.8 Å². The summed E-state index contributed by atoms with van der Waals surface area (Å²) in [6, 6.07) is 8.12. The zero-order valence-electron chi connectivity index (χ0n) is 11.4. The van der Waals surface area contributed by atoms with Gasteiger partial charge in [0, 0.05) is 19.1 Å². The molecule has 100 valence electrons. The van der Waals surface area contributed by atoms with Crippen LogP contribution in [-0.4, -0.2) is 32.1 Å². The first kappa shape index (κ1) is 13.4. The first-order valence-electron chi connectivity index (χ1n) is 6.77. The highest BCUT2D eigenvalue weighted by Gasteiger charge is 2.20. The summed E-state index contributed by atoms with van der Waals surface area (Å²) in [4.78, 5) is 2.36. The Morgan fingerprint density at radius 3 is 2.83 bits per heavy atom. The van der Waals surface area contributed by atoms with Crippen molar-refractivity contribution in [2.75, 3.05) is 27.2 Å². The lowest BCUT2D eigenvalue weighted by Gasteiger charge is -2.31. The van der Waals surface area contributed by atoms with Crippen molar-refractivity contribution in [3.8, 4) is 5.75 Å². The summed E-state index contributed by atoms with van der Waals surface area (Å²) in [5.74, 6) is 1.78. The topological polar surface area (TPSA) is 38.5 Å². The van der Waals surface area contributed by atoms with Crippen molar-refractivity contribution in [1.29, 1.82) is 0 Å². The van der Waals surface area contributed by atoms with Gasteiger partial charge in [0.05, 0.1) is 7.11 Å². The lowest BCUT2D eigenvalue weighted by molar-refractivity contribution is 0.198. The van der Waals surface area contributed by atoms with Crippen molar-refractivity contribution in [1.82, 2.24) is 4.90 Å². The molecule has 1 saturated carbocycles. The van der Waals surface area contributed by atoms with Crippen LogP contribution in [0.2, 0.25) is 0 Å². The normalized spacial score (nSPS) is 17.6. The van der Waals surface area contributed by atoms with Gasteiger partial charge < -0.3 is 15.4 Å². The Kier molecular flexibility index (Phi) is 4.61. The number of rotatable bonds is 6. The van der Waals surface area contributed by atoms with E-state index in [-0.39, 0.29) is 6.04 Å². The molecule has 3 heteroatoms. The third kappa shape index (κ3) is 3.47. The molecule has 0 saturated heterocycles. The Morgan fingerprint density at radius 2 is 2.22 bits per heavy atom. The van der Waals surface area contributed by atoms with Gasteiger partial charge >= 0.3 is 0 Å². The Hall–Kier alpha value is -1.06. The standard InChI is InChI=1S/C15H24N2O/c1-17(10-12-5-3-6-12)11-15(16)13-7-4-8-14(9-13)18-2/h4,7-9,12,15H,3,5-6,10-11,16H2,1-2H3. The van der Waals surface area contributed by atoms with Crippen LogP contribution in [0.1, 0.15) is 30.9 Å². The van der Waals surface area contributed by atoms with Gasteiger partial charge in [-0.25, -0.2) is 0 Å². The highest BCUT2D eigenvalue weighted by atomic mass is 16.5. The van der Waals surface area contributed by atoms with Crippen molar-refractivity contribution < 1.29 is 4.74 Å². The highest BCUT2D eigenvalue weighted by molar-refractivity contribution is 5.30. The second kappa shape index (κ2) is 6.21. The van der Waals surface area contributed by atoms with Crippen LogP contribution in [0.5, 0.6) is 5.75 Å². The predicted molar refractivity (Wildman–Crippen MR) is 74.8 cm³/mol. The quantitative estimate of drug-likeness (QED) is 0.840. The largest absolute Gasteiger partial charge is 0.497 e. The number of hydrogen-bond acceptors (Lipinski definition) is 3. The van der Waals surface area contributed by atoms with Gasteiger partial charge in [-0.2, -0.15) is 0 Å². The van der Waals surface area contributed by atoms with Crippen LogP contribution in [0.15, 0.2) is 24.3 Å². The van der Waals surface area contributed by atoms with E-state index in [2.05, 4.69) is 18.0 Å². The number of ether oxygens (including phenoxy) is 1. The van der Waals surface area contributed by atoms with Gasteiger partial charge in [0.15, 0.2) is 0 Å². The minimum atomic E-state index is 0.0603. The van der Waals surface area contributed by atoms with E-state index in [1.54, 1.807) is 7.11 Å². The van der Waals surface area contributed by atoms with Gasteiger partial charge in [-0.15, -0.1) is 0 Å². The Balaban J connectivity index is 1.87. The van der Waals surface area contributed by atoms with Crippen LogP contribution >= 0.6 is 0 Å². The Bertz CT molecular complexity index is 377. The van der Waals surface area contributed by atoms with Crippen LogP contribution in [0.3, 0.4) is 0 Å². The maximum absolute atomic E-state index is 6.26. The molecule has 18 heavy (non-hydrogen) atoms. The molecule has 0 aromatic heterocycles. The second-order valence-corrected chi connectivity index (χ2v) is 5.40. The summed E-state index contributed by atoms with van der Waals surface area (Å²) < 4.78 is 5.23. The Labute approximate surface area is 110 Å². The summed E-state index contributed by atoms with van der Waals surface area (Å²) in [6.45, 7) is 2.08. The van der Waals surface area contributed by atoms with Crippen LogP contribution in [0.25, 0.3) is 0 Å². The van der Waals surface area contributed by atoms with Crippen LogP contribution in [0.4, 0.5) is 0 Å². The molecule has 1 aliphatic carbocycles. The molecule has 1 atom stereocenters. The molecule has 1 aromatic rings. The zero-order valence-corrected chi connectivity index (χ0v) is 11.4. The van der Waals surface area contributed by atoms with Gasteiger partial charge in [-0.05, 0) is 43.5 Å². The fraction of sp³-hybridized carbons (Fsp3) is 0.600. The van der Waals surface area contributed by atoms with E-state index < -0.39 is 0 Å². The van der Waals surface area contributed by atoms with Gasteiger partial charge in [-0.3, -0.25) is 0 Å². The summed E-state index contributed by atoms with van der Waals surface area (Å²) in [7, 11) is 3.85. The molecule has 0 heterocycles. The number of likely N-dealkylation sites (N-methyl/N-ethyl adjacent to an activating group) is 1. The van der Waals surface area contributed by atoms with E-state index in [9.17, 15) is 0 Å². The fourth-order valence-corrected chi connectivity index (χ4v) is 2.50. The molecule has 0 aliphatic heterocycles. The molecule has 1 fully saturated rings. The van der Waals surface area contributed by atoms with Crippen molar-refractivity contribution in [2.24, 2.45) is 11.7 Å². The molecule has 0 radical (unpaired) electrons. The number of methoxy groups -OCH3 is 1. The van der Waals surface area contributed by atoms with Gasteiger partial charge in [-0.1, -0.05) is 18.6 Å². The van der Waals surface area contributed by atoms with Crippen LogP contribution in [-0.2, 0) is 0 Å². The van der Waals surface area contributed by atoms with Crippen molar-refractivity contribution in [3.05, 3.63) is 29.8 Å². The number of nitrogens with two attached hydrogens (primary N) is 1. The first-order valence-corrected chi connectivity index (χ1v) is 6.77. The Morgan fingerprint density at radius 1 is 1.44 bits per heavy atom. The molecule has 2 rings (SSSR count). The third-order valence-electron chi connectivity index (χ3n) is 3.82. The lowest BCUT2D eigenvalue weighted by atomic mass is 9.85. The average molecular weight is 248 g/mol. The monoisotopic (exact) mass is 248 g/mol. The molecule has 0 bridgehead atoms. The molecule has 3 nitrogen and oxygen atoms in total. The lowest BCUT2D eigenvalue weighted by Crippen LogP contribution is -2.34. The van der Waals surface area contributed by atoms with Gasteiger partial charge in [0.2, 0.25) is 0 Å².